The van der Waals surface area contributed by atoms with Crippen LogP contribution in [0.3, 0.4) is 0 Å². The number of amides is 1. The molecule has 2 aliphatic rings. The molecule has 1 N–H and O–H groups in total. The maximum absolute atomic E-state index is 12.2. The van der Waals surface area contributed by atoms with Crippen LogP contribution in [0.2, 0.25) is 0 Å². The fraction of sp³-hybridized carbons (Fsp3) is 0.571. The van der Waals surface area contributed by atoms with E-state index in [2.05, 4.69) is 0 Å². The Morgan fingerprint density at radius 1 is 1.35 bits per heavy atom. The quantitative estimate of drug-likeness (QED) is 0.908. The Kier molecular flexibility index (Phi) is 3.48. The first-order valence-electron chi connectivity index (χ1n) is 6.87. The van der Waals surface area contributed by atoms with Crippen molar-refractivity contribution >= 4 is 11.9 Å². The second-order valence-corrected chi connectivity index (χ2v) is 5.27. The summed E-state index contributed by atoms with van der Waals surface area (Å²) in [6.07, 6.45) is 4.38. The minimum Gasteiger partial charge on any atom is -0.479 e. The predicted octanol–water partition coefficient (Wildman–Crippen LogP) is 1.58. The van der Waals surface area contributed by atoms with Gasteiger partial charge in [0.25, 0.3) is 0 Å². The lowest BCUT2D eigenvalue weighted by molar-refractivity contribution is -0.177. The molecular weight excluding hydrogens is 262 g/mol. The molecule has 2 heterocycles. The molecule has 3 rings (SSSR count). The molecule has 1 aliphatic carbocycles. The molecule has 2 unspecified atom stereocenters. The van der Waals surface area contributed by atoms with E-state index in [1.807, 2.05) is 0 Å². The van der Waals surface area contributed by atoms with Gasteiger partial charge in [0.15, 0.2) is 6.10 Å². The minimum atomic E-state index is -1.07. The van der Waals surface area contributed by atoms with E-state index in [1.165, 1.54) is 6.26 Å². The van der Waals surface area contributed by atoms with Crippen LogP contribution in [0.1, 0.15) is 37.5 Å². The Hall–Kier alpha value is -1.82. The number of nitrogens with zero attached hydrogens (tertiary/aromatic N) is 1. The number of carboxylic acids is 1. The minimum absolute atomic E-state index is 0.0864. The lowest BCUT2D eigenvalue weighted by Crippen LogP contribution is -2.54. The highest BCUT2D eigenvalue weighted by atomic mass is 16.5. The molecule has 1 saturated carbocycles. The van der Waals surface area contributed by atoms with Crippen LogP contribution in [0.15, 0.2) is 22.8 Å². The maximum atomic E-state index is 12.2. The summed E-state index contributed by atoms with van der Waals surface area (Å²) in [7, 11) is 0. The van der Waals surface area contributed by atoms with Gasteiger partial charge in [-0.05, 0) is 25.0 Å². The van der Waals surface area contributed by atoms with Gasteiger partial charge >= 0.3 is 5.97 Å². The molecule has 1 amide bonds. The number of morpholine rings is 1. The van der Waals surface area contributed by atoms with Gasteiger partial charge in [0.05, 0.1) is 6.26 Å². The molecular formula is C14H17NO5. The molecule has 20 heavy (non-hydrogen) atoms. The van der Waals surface area contributed by atoms with Crippen LogP contribution < -0.4 is 0 Å². The van der Waals surface area contributed by atoms with Crippen molar-refractivity contribution in [1.82, 2.24) is 4.90 Å². The number of ether oxygens (including phenoxy) is 1. The van der Waals surface area contributed by atoms with Gasteiger partial charge in [-0.2, -0.15) is 0 Å². The summed E-state index contributed by atoms with van der Waals surface area (Å²) in [5.74, 6) is -0.755. The number of carboxylic acid groups (broad SMARTS) is 1. The van der Waals surface area contributed by atoms with Gasteiger partial charge in [-0.15, -0.1) is 0 Å². The second kappa shape index (κ2) is 5.28. The summed E-state index contributed by atoms with van der Waals surface area (Å²) < 4.78 is 10.6. The summed E-state index contributed by atoms with van der Waals surface area (Å²) in [5, 5.41) is 9.35. The average molecular weight is 279 g/mol. The second-order valence-electron chi connectivity index (χ2n) is 5.27. The summed E-state index contributed by atoms with van der Waals surface area (Å²) in [4.78, 5) is 25.3. The molecule has 2 atom stereocenters. The van der Waals surface area contributed by atoms with Gasteiger partial charge in [0.1, 0.15) is 18.4 Å². The van der Waals surface area contributed by atoms with Gasteiger partial charge in [-0.3, -0.25) is 4.79 Å². The number of furan rings is 1. The van der Waals surface area contributed by atoms with Gasteiger partial charge < -0.3 is 19.2 Å². The normalized spacial score (nSPS) is 28.0. The topological polar surface area (TPSA) is 80.0 Å². The first kappa shape index (κ1) is 13.2. The molecule has 0 radical (unpaired) electrons. The fourth-order valence-corrected chi connectivity index (χ4v) is 3.19. The Bertz CT molecular complexity index is 492. The molecule has 0 bridgehead atoms. The Balaban J connectivity index is 1.97. The summed E-state index contributed by atoms with van der Waals surface area (Å²) in [6.45, 7) is -0.176. The third-order valence-electron chi connectivity index (χ3n) is 4.06. The number of carbonyl (C=O) groups is 2. The van der Waals surface area contributed by atoms with Crippen LogP contribution >= 0.6 is 0 Å². The molecule has 1 aliphatic heterocycles. The zero-order valence-corrected chi connectivity index (χ0v) is 11.0. The van der Waals surface area contributed by atoms with Crippen molar-refractivity contribution in [1.29, 1.82) is 0 Å². The van der Waals surface area contributed by atoms with Crippen LogP contribution in [0.4, 0.5) is 0 Å². The van der Waals surface area contributed by atoms with Crippen molar-refractivity contribution in [3.05, 3.63) is 24.2 Å². The molecule has 6 heteroatoms. The highest BCUT2D eigenvalue weighted by Gasteiger charge is 2.46. The van der Waals surface area contributed by atoms with E-state index in [0.717, 1.165) is 25.7 Å². The maximum Gasteiger partial charge on any atom is 0.335 e. The van der Waals surface area contributed by atoms with Crippen LogP contribution in [-0.2, 0) is 14.3 Å². The zero-order valence-electron chi connectivity index (χ0n) is 11.0. The largest absolute Gasteiger partial charge is 0.479 e. The third kappa shape index (κ3) is 2.20. The molecule has 1 saturated heterocycles. The monoisotopic (exact) mass is 279 g/mol. The lowest BCUT2D eigenvalue weighted by atomic mass is 10.0. The van der Waals surface area contributed by atoms with Crippen molar-refractivity contribution in [2.75, 3.05) is 6.61 Å². The molecule has 2 fully saturated rings. The molecule has 1 aromatic rings. The number of rotatable bonds is 3. The van der Waals surface area contributed by atoms with Crippen molar-refractivity contribution in [2.45, 2.75) is 43.9 Å². The van der Waals surface area contributed by atoms with Crippen molar-refractivity contribution in [3.8, 4) is 0 Å². The van der Waals surface area contributed by atoms with E-state index in [4.69, 9.17) is 9.15 Å². The van der Waals surface area contributed by atoms with Gasteiger partial charge in [0.2, 0.25) is 5.91 Å². The van der Waals surface area contributed by atoms with Gasteiger partial charge in [-0.25, -0.2) is 4.79 Å². The number of hydrogen-bond acceptors (Lipinski definition) is 4. The van der Waals surface area contributed by atoms with E-state index in [1.54, 1.807) is 17.0 Å². The van der Waals surface area contributed by atoms with Crippen LogP contribution in [0, 0.1) is 0 Å². The third-order valence-corrected chi connectivity index (χ3v) is 4.06. The van der Waals surface area contributed by atoms with E-state index < -0.39 is 18.1 Å². The average Bonchev–Trinajstić information content (AvgIpc) is 3.11. The number of carbonyl (C=O) groups excluding carboxylic acids is 1. The van der Waals surface area contributed by atoms with Crippen LogP contribution in [-0.4, -0.2) is 40.6 Å². The van der Waals surface area contributed by atoms with E-state index in [-0.39, 0.29) is 18.6 Å². The van der Waals surface area contributed by atoms with Crippen molar-refractivity contribution < 1.29 is 23.8 Å². The van der Waals surface area contributed by atoms with Crippen molar-refractivity contribution in [2.24, 2.45) is 0 Å². The highest BCUT2D eigenvalue weighted by Crippen LogP contribution is 2.37. The van der Waals surface area contributed by atoms with Gasteiger partial charge in [-0.1, -0.05) is 12.8 Å². The van der Waals surface area contributed by atoms with Gasteiger partial charge in [0, 0.05) is 6.04 Å². The molecule has 0 aromatic carbocycles. The standard InChI is InChI=1S/C14H17NO5/c16-11-8-20-13(14(17)18)12(10-6-3-7-19-10)15(11)9-4-1-2-5-9/h3,6-7,9,12-13H,1-2,4-5,8H2,(H,17,18). The molecule has 6 nitrogen and oxygen atoms in total. The van der Waals surface area contributed by atoms with Crippen LogP contribution in [0.5, 0.6) is 0 Å². The van der Waals surface area contributed by atoms with E-state index >= 15 is 0 Å². The lowest BCUT2D eigenvalue weighted by Gasteiger charge is -2.41. The molecule has 108 valence electrons. The summed E-state index contributed by atoms with van der Waals surface area (Å²) in [6, 6.07) is 2.81. The Morgan fingerprint density at radius 2 is 2.10 bits per heavy atom. The number of hydrogen-bond donors (Lipinski definition) is 1. The zero-order chi connectivity index (χ0) is 14.1. The first-order chi connectivity index (χ1) is 9.68. The summed E-state index contributed by atoms with van der Waals surface area (Å²) in [5.41, 5.74) is 0. The van der Waals surface area contributed by atoms with E-state index in [9.17, 15) is 14.7 Å². The predicted molar refractivity (Wildman–Crippen MR) is 67.9 cm³/mol. The Morgan fingerprint density at radius 3 is 2.70 bits per heavy atom. The number of aliphatic carboxylic acids is 1. The van der Waals surface area contributed by atoms with Crippen LogP contribution in [0.25, 0.3) is 0 Å². The Labute approximate surface area is 116 Å². The molecule has 0 spiro atoms. The summed E-state index contributed by atoms with van der Waals surface area (Å²) >= 11 is 0. The SMILES string of the molecule is O=C(O)C1OCC(=O)N(C2CCCC2)C1c1ccco1. The smallest absolute Gasteiger partial charge is 0.335 e. The fourth-order valence-electron chi connectivity index (χ4n) is 3.19. The molecule has 1 aromatic heterocycles. The first-order valence-corrected chi connectivity index (χ1v) is 6.87. The highest BCUT2D eigenvalue weighted by molar-refractivity contribution is 5.83. The van der Waals surface area contributed by atoms with E-state index in [0.29, 0.717) is 5.76 Å². The van der Waals surface area contributed by atoms with Crippen molar-refractivity contribution in [3.63, 3.8) is 0 Å².